The van der Waals surface area contributed by atoms with Crippen LogP contribution in [-0.2, 0) is 28.6 Å². The maximum atomic E-state index is 12.7. The Morgan fingerprint density at radius 1 is 0.356 bits per heavy atom. The van der Waals surface area contributed by atoms with E-state index in [4.69, 9.17) is 14.2 Å². The smallest absolute Gasteiger partial charge is 0.306 e. The molecule has 0 rings (SSSR count). The van der Waals surface area contributed by atoms with E-state index in [-0.39, 0.29) is 31.1 Å². The number of allylic oxidation sites excluding steroid dienone is 10. The van der Waals surface area contributed by atoms with Crippen LogP contribution in [0.25, 0.3) is 0 Å². The zero-order chi connectivity index (χ0) is 43.0. The Bertz CT molecular complexity index is 1090. The third-order valence-corrected chi connectivity index (χ3v) is 10.5. The molecule has 1 unspecified atom stereocenters. The summed E-state index contributed by atoms with van der Waals surface area (Å²) in [5.41, 5.74) is 0. The van der Waals surface area contributed by atoms with Gasteiger partial charge in [-0.3, -0.25) is 14.4 Å². The Morgan fingerprint density at radius 2 is 0.661 bits per heavy atom. The molecule has 0 aliphatic rings. The normalized spacial score (nSPS) is 12.5. The molecule has 0 aromatic rings. The minimum Gasteiger partial charge on any atom is -0.462 e. The zero-order valence-electron chi connectivity index (χ0n) is 38.8. The number of carbonyl (C=O) groups excluding carboxylic acids is 3. The number of hydrogen-bond acceptors (Lipinski definition) is 6. The minimum atomic E-state index is -0.768. The van der Waals surface area contributed by atoms with Crippen LogP contribution in [0.2, 0.25) is 0 Å². The van der Waals surface area contributed by atoms with E-state index >= 15 is 0 Å². The average molecular weight is 825 g/mol. The SMILES string of the molecule is CC/C=C\C/C=C\C/C=C\C/C=C\C/C=C\CCCCCCCCCCCC(=O)OCC(COC(=O)CCCCCCC)OC(=O)CCCCCCCCCCCCC. The molecule has 0 amide bonds. The van der Waals surface area contributed by atoms with Crippen LogP contribution in [0.3, 0.4) is 0 Å². The number of rotatable bonds is 44. The summed E-state index contributed by atoms with van der Waals surface area (Å²) in [4.78, 5) is 37.5. The summed E-state index contributed by atoms with van der Waals surface area (Å²) in [6, 6.07) is 0. The van der Waals surface area contributed by atoms with Crippen molar-refractivity contribution < 1.29 is 28.6 Å². The summed E-state index contributed by atoms with van der Waals surface area (Å²) in [7, 11) is 0. The standard InChI is InChI=1S/C53H92O6/c1-4-7-10-13-15-17-19-20-21-22-23-24-25-26-27-28-29-30-31-32-34-35-37-40-43-46-52(55)58-49-50(48-57-51(54)45-42-39-12-9-6-3)59-53(56)47-44-41-38-36-33-18-16-14-11-8-5-2/h7,10,15,17,20-21,23-24,26-27,50H,4-6,8-9,11-14,16,18-19,22,25,28-49H2,1-3H3/b10-7-,17-15-,21-20-,24-23-,27-26-. The molecule has 0 spiro atoms. The van der Waals surface area contributed by atoms with Gasteiger partial charge in [0.2, 0.25) is 0 Å². The van der Waals surface area contributed by atoms with Gasteiger partial charge in [-0.2, -0.15) is 0 Å². The lowest BCUT2D eigenvalue weighted by molar-refractivity contribution is -0.167. The molecule has 1 atom stereocenters. The fourth-order valence-electron chi connectivity index (χ4n) is 6.82. The van der Waals surface area contributed by atoms with Crippen molar-refractivity contribution in [2.45, 2.75) is 245 Å². The van der Waals surface area contributed by atoms with Crippen LogP contribution >= 0.6 is 0 Å². The monoisotopic (exact) mass is 825 g/mol. The Labute approximate surface area is 364 Å². The van der Waals surface area contributed by atoms with Crippen molar-refractivity contribution in [3.63, 3.8) is 0 Å². The Balaban J connectivity index is 4.09. The number of esters is 3. The maximum Gasteiger partial charge on any atom is 0.306 e. The molecular formula is C53H92O6. The number of carbonyl (C=O) groups is 3. The lowest BCUT2D eigenvalue weighted by Crippen LogP contribution is -2.30. The van der Waals surface area contributed by atoms with Crippen molar-refractivity contribution in [1.82, 2.24) is 0 Å². The van der Waals surface area contributed by atoms with Gasteiger partial charge in [0.05, 0.1) is 0 Å². The summed E-state index contributed by atoms with van der Waals surface area (Å²) in [6.07, 6.45) is 58.2. The lowest BCUT2D eigenvalue weighted by Gasteiger charge is -2.18. The molecule has 0 aliphatic carbocycles. The van der Waals surface area contributed by atoms with Crippen LogP contribution in [0.5, 0.6) is 0 Å². The predicted molar refractivity (Wildman–Crippen MR) is 251 cm³/mol. The lowest BCUT2D eigenvalue weighted by atomic mass is 10.1. The Kier molecular flexibility index (Phi) is 45.4. The maximum absolute atomic E-state index is 12.7. The van der Waals surface area contributed by atoms with E-state index in [1.807, 2.05) is 0 Å². The molecule has 6 heteroatoms. The molecule has 340 valence electrons. The van der Waals surface area contributed by atoms with Crippen molar-refractivity contribution in [2.24, 2.45) is 0 Å². The summed E-state index contributed by atoms with van der Waals surface area (Å²) in [6.45, 7) is 6.43. The van der Waals surface area contributed by atoms with E-state index in [0.717, 1.165) is 103 Å². The molecule has 59 heavy (non-hydrogen) atoms. The van der Waals surface area contributed by atoms with Gasteiger partial charge in [0.15, 0.2) is 6.10 Å². The molecule has 0 radical (unpaired) electrons. The molecule has 0 aliphatic heterocycles. The molecule has 0 aromatic carbocycles. The second-order valence-electron chi connectivity index (χ2n) is 16.4. The van der Waals surface area contributed by atoms with Crippen molar-refractivity contribution in [1.29, 1.82) is 0 Å². The first-order chi connectivity index (χ1) is 29.0. The predicted octanol–water partition coefficient (Wildman–Crippen LogP) is 16.1. The molecule has 0 saturated carbocycles. The molecule has 6 nitrogen and oxygen atoms in total. The fraction of sp³-hybridized carbons (Fsp3) is 0.755. The van der Waals surface area contributed by atoms with Crippen molar-refractivity contribution in [3.8, 4) is 0 Å². The fourth-order valence-corrected chi connectivity index (χ4v) is 6.82. The number of ether oxygens (including phenoxy) is 3. The van der Waals surface area contributed by atoms with E-state index in [1.54, 1.807) is 0 Å². The van der Waals surface area contributed by atoms with E-state index in [0.29, 0.717) is 19.3 Å². The van der Waals surface area contributed by atoms with Gasteiger partial charge in [0, 0.05) is 19.3 Å². The van der Waals surface area contributed by atoms with Crippen LogP contribution in [0, 0.1) is 0 Å². The molecule has 0 bridgehead atoms. The summed E-state index contributed by atoms with van der Waals surface area (Å²) in [5, 5.41) is 0. The topological polar surface area (TPSA) is 78.9 Å². The van der Waals surface area contributed by atoms with Crippen LogP contribution in [-0.4, -0.2) is 37.2 Å². The minimum absolute atomic E-state index is 0.0749. The van der Waals surface area contributed by atoms with Gasteiger partial charge in [0.1, 0.15) is 13.2 Å². The highest BCUT2D eigenvalue weighted by Crippen LogP contribution is 2.15. The highest BCUT2D eigenvalue weighted by Gasteiger charge is 2.19. The summed E-state index contributed by atoms with van der Waals surface area (Å²) in [5.74, 6) is -0.894. The van der Waals surface area contributed by atoms with E-state index in [9.17, 15) is 14.4 Å². The first-order valence-electron chi connectivity index (χ1n) is 24.8. The molecular weight excluding hydrogens is 733 g/mol. The third kappa shape index (κ3) is 46.0. The highest BCUT2D eigenvalue weighted by atomic mass is 16.6. The number of unbranched alkanes of at least 4 members (excludes halogenated alkanes) is 23. The Hall–Kier alpha value is -2.89. The van der Waals surface area contributed by atoms with Gasteiger partial charge in [-0.15, -0.1) is 0 Å². The van der Waals surface area contributed by atoms with E-state index in [1.165, 1.54) is 96.3 Å². The largest absolute Gasteiger partial charge is 0.462 e. The summed E-state index contributed by atoms with van der Waals surface area (Å²) >= 11 is 0. The van der Waals surface area contributed by atoms with Gasteiger partial charge >= 0.3 is 17.9 Å². The van der Waals surface area contributed by atoms with Crippen LogP contribution in [0.4, 0.5) is 0 Å². The zero-order valence-corrected chi connectivity index (χ0v) is 38.8. The quantitative estimate of drug-likeness (QED) is 0.0263. The molecule has 0 aromatic heterocycles. The van der Waals surface area contributed by atoms with Crippen molar-refractivity contribution >= 4 is 17.9 Å². The van der Waals surface area contributed by atoms with Crippen LogP contribution in [0.15, 0.2) is 60.8 Å². The average Bonchev–Trinajstić information content (AvgIpc) is 3.23. The first kappa shape index (κ1) is 56.1. The van der Waals surface area contributed by atoms with Crippen molar-refractivity contribution in [2.75, 3.05) is 13.2 Å². The second-order valence-corrected chi connectivity index (χ2v) is 16.4. The first-order valence-corrected chi connectivity index (χ1v) is 24.8. The van der Waals surface area contributed by atoms with E-state index in [2.05, 4.69) is 81.5 Å². The van der Waals surface area contributed by atoms with Gasteiger partial charge in [0.25, 0.3) is 0 Å². The van der Waals surface area contributed by atoms with Gasteiger partial charge in [-0.05, 0) is 64.2 Å². The third-order valence-electron chi connectivity index (χ3n) is 10.5. The molecule has 0 saturated heterocycles. The highest BCUT2D eigenvalue weighted by molar-refractivity contribution is 5.71. The van der Waals surface area contributed by atoms with Crippen molar-refractivity contribution in [3.05, 3.63) is 60.8 Å². The van der Waals surface area contributed by atoms with Crippen LogP contribution < -0.4 is 0 Å². The molecule has 0 fully saturated rings. The van der Waals surface area contributed by atoms with E-state index < -0.39 is 6.10 Å². The molecule has 0 N–H and O–H groups in total. The summed E-state index contributed by atoms with van der Waals surface area (Å²) < 4.78 is 16.6. The number of hydrogen-bond donors (Lipinski definition) is 0. The van der Waals surface area contributed by atoms with Gasteiger partial charge in [-0.1, -0.05) is 216 Å². The van der Waals surface area contributed by atoms with Gasteiger partial charge < -0.3 is 14.2 Å². The second kappa shape index (κ2) is 47.8. The Morgan fingerprint density at radius 3 is 1.03 bits per heavy atom. The molecule has 0 heterocycles. The van der Waals surface area contributed by atoms with Gasteiger partial charge in [-0.25, -0.2) is 0 Å². The van der Waals surface area contributed by atoms with Crippen LogP contribution in [0.1, 0.15) is 239 Å².